The van der Waals surface area contributed by atoms with E-state index in [1.165, 1.54) is 5.56 Å². The van der Waals surface area contributed by atoms with Gasteiger partial charge in [0.15, 0.2) is 0 Å². The molecule has 0 amide bonds. The van der Waals surface area contributed by atoms with Gasteiger partial charge in [-0.2, -0.15) is 5.10 Å². The number of thiazole rings is 1. The van der Waals surface area contributed by atoms with Crippen molar-refractivity contribution in [2.24, 2.45) is 5.10 Å². The Morgan fingerprint density at radius 2 is 1.88 bits per heavy atom. The monoisotopic (exact) mass is 364 g/mol. The Bertz CT molecular complexity index is 838. The van der Waals surface area contributed by atoms with E-state index in [2.05, 4.69) is 70.7 Å². The molecule has 5 heteroatoms. The number of benzene rings is 2. The normalized spacial score (nSPS) is 11.3. The molecule has 0 radical (unpaired) electrons. The third-order valence-corrected chi connectivity index (χ3v) is 4.95. The number of aromatic nitrogens is 1. The van der Waals surface area contributed by atoms with Crippen molar-refractivity contribution in [3.63, 3.8) is 0 Å². The number of nitrogens with zero attached hydrogens (tertiary/aromatic N) is 3. The highest BCUT2D eigenvalue weighted by Gasteiger charge is 2.03. The number of rotatable bonds is 8. The van der Waals surface area contributed by atoms with Gasteiger partial charge in [0, 0.05) is 17.5 Å². The molecule has 3 aromatic rings. The van der Waals surface area contributed by atoms with Gasteiger partial charge in [-0.25, -0.2) is 4.98 Å². The first kappa shape index (κ1) is 18.3. The Morgan fingerprint density at radius 1 is 1.08 bits per heavy atom. The van der Waals surface area contributed by atoms with Gasteiger partial charge in [0.1, 0.15) is 0 Å². The van der Waals surface area contributed by atoms with E-state index in [1.807, 2.05) is 29.8 Å². The van der Waals surface area contributed by atoms with E-state index < -0.39 is 0 Å². The molecule has 0 aliphatic heterocycles. The van der Waals surface area contributed by atoms with E-state index in [1.54, 1.807) is 11.3 Å². The fourth-order valence-corrected chi connectivity index (χ4v) is 3.37. The Balaban J connectivity index is 1.61. The van der Waals surface area contributed by atoms with E-state index in [4.69, 9.17) is 0 Å². The molecule has 4 nitrogen and oxygen atoms in total. The van der Waals surface area contributed by atoms with Crippen molar-refractivity contribution in [3.8, 4) is 11.3 Å². The number of nitrogens with one attached hydrogen (secondary N) is 1. The summed E-state index contributed by atoms with van der Waals surface area (Å²) < 4.78 is 0. The van der Waals surface area contributed by atoms with Crippen LogP contribution in [0.5, 0.6) is 0 Å². The van der Waals surface area contributed by atoms with Gasteiger partial charge in [-0.15, -0.1) is 11.3 Å². The fourth-order valence-electron chi connectivity index (χ4n) is 2.71. The van der Waals surface area contributed by atoms with E-state index in [-0.39, 0.29) is 0 Å². The van der Waals surface area contributed by atoms with Crippen LogP contribution in [0.1, 0.15) is 25.0 Å². The molecule has 0 saturated carbocycles. The van der Waals surface area contributed by atoms with Gasteiger partial charge >= 0.3 is 0 Å². The number of hydrazone groups is 1. The number of anilines is 1. The first-order chi connectivity index (χ1) is 12.8. The second kappa shape index (κ2) is 9.27. The average molecular weight is 365 g/mol. The Hall–Kier alpha value is -2.50. The van der Waals surface area contributed by atoms with Crippen LogP contribution in [0.3, 0.4) is 0 Å². The maximum atomic E-state index is 4.58. The third kappa shape index (κ3) is 5.00. The van der Waals surface area contributed by atoms with Crippen LogP contribution < -0.4 is 5.43 Å². The van der Waals surface area contributed by atoms with Crippen molar-refractivity contribution in [3.05, 3.63) is 71.1 Å². The van der Waals surface area contributed by atoms with Crippen LogP contribution in [0.15, 0.2) is 65.1 Å². The third-order valence-electron chi connectivity index (χ3n) is 4.20. The summed E-state index contributed by atoms with van der Waals surface area (Å²) in [4.78, 5) is 6.98. The first-order valence-corrected chi connectivity index (χ1v) is 9.77. The van der Waals surface area contributed by atoms with Crippen molar-refractivity contribution in [2.45, 2.75) is 20.4 Å². The summed E-state index contributed by atoms with van der Waals surface area (Å²) in [7, 11) is 0. The molecule has 1 N–H and O–H groups in total. The SMILES string of the molecule is CCN(CC)Cc1cccc(C=NNc2nc(-c3ccccc3)cs2)c1. The zero-order valence-corrected chi connectivity index (χ0v) is 16.0. The minimum atomic E-state index is 0.791. The van der Waals surface area contributed by atoms with Crippen molar-refractivity contribution >= 4 is 22.7 Å². The second-order valence-corrected chi connectivity index (χ2v) is 6.84. The van der Waals surface area contributed by atoms with E-state index >= 15 is 0 Å². The molecule has 1 heterocycles. The summed E-state index contributed by atoms with van der Waals surface area (Å²) in [6.45, 7) is 7.47. The predicted octanol–water partition coefficient (Wildman–Crippen LogP) is 5.10. The highest BCUT2D eigenvalue weighted by molar-refractivity contribution is 7.14. The largest absolute Gasteiger partial charge is 0.300 e. The van der Waals surface area contributed by atoms with Crippen LogP contribution in [-0.4, -0.2) is 29.2 Å². The molecule has 26 heavy (non-hydrogen) atoms. The molecule has 0 aliphatic rings. The average Bonchev–Trinajstić information content (AvgIpc) is 3.16. The number of hydrogen-bond acceptors (Lipinski definition) is 5. The predicted molar refractivity (Wildman–Crippen MR) is 112 cm³/mol. The van der Waals surface area contributed by atoms with E-state index in [0.717, 1.165) is 41.6 Å². The van der Waals surface area contributed by atoms with Crippen molar-refractivity contribution in [1.29, 1.82) is 0 Å². The van der Waals surface area contributed by atoms with Crippen molar-refractivity contribution < 1.29 is 0 Å². The van der Waals surface area contributed by atoms with Crippen LogP contribution in [0.25, 0.3) is 11.3 Å². The lowest BCUT2D eigenvalue weighted by atomic mass is 10.1. The summed E-state index contributed by atoms with van der Waals surface area (Å²) >= 11 is 1.55. The Kier molecular flexibility index (Phi) is 6.52. The fraction of sp³-hybridized carbons (Fsp3) is 0.238. The van der Waals surface area contributed by atoms with Gasteiger partial charge in [0.2, 0.25) is 5.13 Å². The molecule has 134 valence electrons. The lowest BCUT2D eigenvalue weighted by molar-refractivity contribution is 0.296. The number of hydrogen-bond donors (Lipinski definition) is 1. The minimum absolute atomic E-state index is 0.791. The second-order valence-electron chi connectivity index (χ2n) is 5.98. The summed E-state index contributed by atoms with van der Waals surface area (Å²) in [5.41, 5.74) is 7.50. The summed E-state index contributed by atoms with van der Waals surface area (Å²) in [5, 5.41) is 7.17. The molecule has 0 aliphatic carbocycles. The lowest BCUT2D eigenvalue weighted by Gasteiger charge is -2.18. The zero-order chi connectivity index (χ0) is 18.2. The summed E-state index contributed by atoms with van der Waals surface area (Å²) in [5.74, 6) is 0. The smallest absolute Gasteiger partial charge is 0.203 e. The van der Waals surface area contributed by atoms with Crippen LogP contribution >= 0.6 is 11.3 Å². The molecule has 0 bridgehead atoms. The van der Waals surface area contributed by atoms with Gasteiger partial charge in [-0.05, 0) is 30.3 Å². The standard InChI is InChI=1S/C21H24N4S/c1-3-25(4-2)15-18-10-8-9-17(13-18)14-22-24-21-23-20(16-26-21)19-11-6-5-7-12-19/h5-14,16H,3-4,15H2,1-2H3,(H,23,24). The van der Waals surface area contributed by atoms with Crippen LogP contribution in [-0.2, 0) is 6.54 Å². The Labute approximate surface area is 159 Å². The molecule has 0 atom stereocenters. The van der Waals surface area contributed by atoms with Crippen LogP contribution in [0, 0.1) is 0 Å². The molecular weight excluding hydrogens is 340 g/mol. The first-order valence-electron chi connectivity index (χ1n) is 8.89. The Morgan fingerprint density at radius 3 is 2.65 bits per heavy atom. The highest BCUT2D eigenvalue weighted by Crippen LogP contribution is 2.24. The molecular formula is C21H24N4S. The van der Waals surface area contributed by atoms with Gasteiger partial charge in [-0.1, -0.05) is 62.4 Å². The molecule has 2 aromatic carbocycles. The van der Waals surface area contributed by atoms with Crippen LogP contribution in [0.4, 0.5) is 5.13 Å². The minimum Gasteiger partial charge on any atom is -0.300 e. The summed E-state index contributed by atoms with van der Waals surface area (Å²) in [6.07, 6.45) is 1.84. The zero-order valence-electron chi connectivity index (χ0n) is 15.2. The highest BCUT2D eigenvalue weighted by atomic mass is 32.1. The topological polar surface area (TPSA) is 40.5 Å². The van der Waals surface area contributed by atoms with E-state index in [9.17, 15) is 0 Å². The molecule has 0 saturated heterocycles. The van der Waals surface area contributed by atoms with Gasteiger partial charge < -0.3 is 0 Å². The molecule has 1 aromatic heterocycles. The molecule has 0 fully saturated rings. The van der Waals surface area contributed by atoms with Crippen molar-refractivity contribution in [1.82, 2.24) is 9.88 Å². The van der Waals surface area contributed by atoms with Crippen molar-refractivity contribution in [2.75, 3.05) is 18.5 Å². The molecule has 0 spiro atoms. The molecule has 0 unspecified atom stereocenters. The molecule has 3 rings (SSSR count). The van der Waals surface area contributed by atoms with Crippen LogP contribution in [0.2, 0.25) is 0 Å². The lowest BCUT2D eigenvalue weighted by Crippen LogP contribution is -2.22. The quantitative estimate of drug-likeness (QED) is 0.447. The maximum Gasteiger partial charge on any atom is 0.203 e. The van der Waals surface area contributed by atoms with Gasteiger partial charge in [0.05, 0.1) is 11.9 Å². The maximum absolute atomic E-state index is 4.58. The van der Waals surface area contributed by atoms with Gasteiger partial charge in [-0.3, -0.25) is 10.3 Å². The van der Waals surface area contributed by atoms with Gasteiger partial charge in [0.25, 0.3) is 0 Å². The van der Waals surface area contributed by atoms with E-state index in [0.29, 0.717) is 0 Å². The summed E-state index contributed by atoms with van der Waals surface area (Å²) in [6, 6.07) is 18.7.